The molecular weight excluding hydrogens is 260 g/mol. The number of nitrogens with one attached hydrogen (secondary N) is 1. The zero-order chi connectivity index (χ0) is 14.0. The molecule has 2 N–H and O–H groups in total. The molecule has 0 aliphatic carbocycles. The number of ether oxygens (including phenoxy) is 1. The molecule has 0 aliphatic heterocycles. The van der Waals surface area contributed by atoms with Gasteiger partial charge >= 0.3 is 6.09 Å². The fourth-order valence-corrected chi connectivity index (χ4v) is 1.44. The van der Waals surface area contributed by atoms with E-state index in [4.69, 9.17) is 9.29 Å². The highest BCUT2D eigenvalue weighted by Gasteiger charge is 2.17. The van der Waals surface area contributed by atoms with Crippen LogP contribution in [0.1, 0.15) is 20.8 Å². The Hall–Kier alpha value is -1.67. The van der Waals surface area contributed by atoms with Crippen molar-refractivity contribution in [3.63, 3.8) is 0 Å². The van der Waals surface area contributed by atoms with E-state index in [9.17, 15) is 13.2 Å². The number of carbonyl (C=O) groups excluding carboxylic acids is 1. The number of aromatic nitrogens is 1. The number of amides is 1. The zero-order valence-electron chi connectivity index (χ0n) is 10.2. The van der Waals surface area contributed by atoms with Crippen LogP contribution in [0.3, 0.4) is 0 Å². The number of anilines is 1. The van der Waals surface area contributed by atoms with Crippen LogP contribution < -0.4 is 5.32 Å². The van der Waals surface area contributed by atoms with Crippen molar-refractivity contribution in [1.29, 1.82) is 0 Å². The lowest BCUT2D eigenvalue weighted by Gasteiger charge is -2.19. The second-order valence-corrected chi connectivity index (χ2v) is 5.90. The number of carbonyl (C=O) groups is 1. The predicted octanol–water partition coefficient (Wildman–Crippen LogP) is 1.68. The molecule has 0 spiro atoms. The van der Waals surface area contributed by atoms with E-state index in [0.717, 1.165) is 12.3 Å². The summed E-state index contributed by atoms with van der Waals surface area (Å²) in [4.78, 5) is 14.7. The number of hydrogen-bond acceptors (Lipinski definition) is 5. The fourth-order valence-electron chi connectivity index (χ4n) is 1.02. The van der Waals surface area contributed by atoms with Crippen LogP contribution in [0.2, 0.25) is 0 Å². The lowest BCUT2D eigenvalue weighted by Crippen LogP contribution is -2.27. The van der Waals surface area contributed by atoms with Crippen LogP contribution in [-0.4, -0.2) is 29.6 Å². The molecule has 0 saturated heterocycles. The lowest BCUT2D eigenvalue weighted by molar-refractivity contribution is 0.0635. The van der Waals surface area contributed by atoms with Crippen molar-refractivity contribution in [2.45, 2.75) is 31.3 Å². The monoisotopic (exact) mass is 274 g/mol. The van der Waals surface area contributed by atoms with Crippen LogP contribution in [-0.2, 0) is 14.9 Å². The Morgan fingerprint density at radius 2 is 2.00 bits per heavy atom. The second kappa shape index (κ2) is 4.91. The maximum atomic E-state index is 11.4. The number of rotatable bonds is 2. The van der Waals surface area contributed by atoms with Crippen LogP contribution >= 0.6 is 0 Å². The molecule has 7 nitrogen and oxygen atoms in total. The van der Waals surface area contributed by atoms with Gasteiger partial charge in [0.15, 0.2) is 0 Å². The van der Waals surface area contributed by atoms with Gasteiger partial charge < -0.3 is 4.74 Å². The summed E-state index contributed by atoms with van der Waals surface area (Å²) < 4.78 is 35.2. The van der Waals surface area contributed by atoms with Crippen molar-refractivity contribution in [3.8, 4) is 0 Å². The first-order valence-corrected chi connectivity index (χ1v) is 6.45. The van der Waals surface area contributed by atoms with Crippen LogP contribution in [0.25, 0.3) is 0 Å². The average molecular weight is 274 g/mol. The molecule has 1 heterocycles. The summed E-state index contributed by atoms with van der Waals surface area (Å²) in [6.07, 6.45) is 0.233. The highest BCUT2D eigenvalue weighted by atomic mass is 32.2. The van der Waals surface area contributed by atoms with Crippen LogP contribution in [0.5, 0.6) is 0 Å². The minimum Gasteiger partial charge on any atom is -0.444 e. The summed E-state index contributed by atoms with van der Waals surface area (Å²) in [5.74, 6) is 0.122. The first-order chi connectivity index (χ1) is 8.08. The third kappa shape index (κ3) is 4.68. The van der Waals surface area contributed by atoms with E-state index >= 15 is 0 Å². The average Bonchev–Trinajstić information content (AvgIpc) is 2.13. The summed E-state index contributed by atoms with van der Waals surface area (Å²) in [7, 11) is -4.28. The Balaban J connectivity index is 2.73. The standard InChI is InChI=1S/C10H14N2O5S/c1-10(2,3)17-9(13)12-8-5-4-7(6-11-8)18(14,15)16/h4-6H,1-3H3,(H,11,12,13)(H,14,15,16). The molecule has 0 aliphatic rings. The Morgan fingerprint density at radius 1 is 1.39 bits per heavy atom. The largest absolute Gasteiger partial charge is 0.444 e. The number of pyridine rings is 1. The van der Waals surface area contributed by atoms with E-state index in [0.29, 0.717) is 0 Å². The molecule has 0 radical (unpaired) electrons. The van der Waals surface area contributed by atoms with Crippen molar-refractivity contribution in [1.82, 2.24) is 4.98 Å². The van der Waals surface area contributed by atoms with Gasteiger partial charge in [-0.25, -0.2) is 9.78 Å². The highest BCUT2D eigenvalue weighted by Crippen LogP contribution is 2.12. The SMILES string of the molecule is CC(C)(C)OC(=O)Nc1ccc(S(=O)(=O)O)cn1. The highest BCUT2D eigenvalue weighted by molar-refractivity contribution is 7.85. The van der Waals surface area contributed by atoms with Gasteiger partial charge in [0.1, 0.15) is 16.3 Å². The van der Waals surface area contributed by atoms with E-state index in [2.05, 4.69) is 10.3 Å². The quantitative estimate of drug-likeness (QED) is 0.795. The van der Waals surface area contributed by atoms with Gasteiger partial charge in [-0.05, 0) is 32.9 Å². The van der Waals surface area contributed by atoms with E-state index in [1.54, 1.807) is 20.8 Å². The minimum atomic E-state index is -4.28. The topological polar surface area (TPSA) is 106 Å². The second-order valence-electron chi connectivity index (χ2n) is 4.48. The Kier molecular flexibility index (Phi) is 3.92. The van der Waals surface area contributed by atoms with Crippen molar-refractivity contribution < 1.29 is 22.5 Å². The molecule has 8 heteroatoms. The molecule has 0 aromatic carbocycles. The van der Waals surface area contributed by atoms with E-state index in [1.165, 1.54) is 6.07 Å². The van der Waals surface area contributed by atoms with Gasteiger partial charge in [0.2, 0.25) is 0 Å². The molecule has 0 bridgehead atoms. The Bertz CT molecular complexity index is 530. The molecule has 0 atom stereocenters. The fraction of sp³-hybridized carbons (Fsp3) is 0.400. The molecule has 0 unspecified atom stereocenters. The van der Waals surface area contributed by atoms with Crippen LogP contribution in [0, 0.1) is 0 Å². The van der Waals surface area contributed by atoms with Gasteiger partial charge in [-0.15, -0.1) is 0 Å². The van der Waals surface area contributed by atoms with Gasteiger partial charge in [-0.2, -0.15) is 8.42 Å². The first kappa shape index (κ1) is 14.4. The lowest BCUT2D eigenvalue weighted by atomic mass is 10.2. The van der Waals surface area contributed by atoms with E-state index in [1.807, 2.05) is 0 Å². The molecule has 1 rings (SSSR count). The van der Waals surface area contributed by atoms with Gasteiger partial charge in [0.25, 0.3) is 10.1 Å². The Morgan fingerprint density at radius 3 is 2.39 bits per heavy atom. The number of hydrogen-bond donors (Lipinski definition) is 2. The van der Waals surface area contributed by atoms with E-state index < -0.39 is 21.8 Å². The van der Waals surface area contributed by atoms with Crippen molar-refractivity contribution in [2.24, 2.45) is 0 Å². The van der Waals surface area contributed by atoms with Gasteiger partial charge in [-0.1, -0.05) is 0 Å². The molecular formula is C10H14N2O5S. The smallest absolute Gasteiger partial charge is 0.413 e. The van der Waals surface area contributed by atoms with Crippen molar-refractivity contribution in [2.75, 3.05) is 5.32 Å². The molecule has 1 aromatic heterocycles. The molecule has 100 valence electrons. The summed E-state index contributed by atoms with van der Waals surface area (Å²) in [5.41, 5.74) is -0.640. The predicted molar refractivity (Wildman–Crippen MR) is 63.9 cm³/mol. The minimum absolute atomic E-state index is 0.122. The summed E-state index contributed by atoms with van der Waals surface area (Å²) in [6.45, 7) is 5.13. The molecule has 18 heavy (non-hydrogen) atoms. The van der Waals surface area contributed by atoms with Crippen LogP contribution in [0.15, 0.2) is 23.2 Å². The van der Waals surface area contributed by atoms with Gasteiger partial charge in [0.05, 0.1) is 6.20 Å². The maximum absolute atomic E-state index is 11.4. The summed E-state index contributed by atoms with van der Waals surface area (Å²) in [5, 5.41) is 2.33. The molecule has 0 saturated carbocycles. The van der Waals surface area contributed by atoms with Crippen molar-refractivity contribution in [3.05, 3.63) is 18.3 Å². The molecule has 0 fully saturated rings. The van der Waals surface area contributed by atoms with E-state index in [-0.39, 0.29) is 10.7 Å². The normalized spacial score (nSPS) is 12.0. The third-order valence-corrected chi connectivity index (χ3v) is 2.50. The van der Waals surface area contributed by atoms with Crippen LogP contribution in [0.4, 0.5) is 10.6 Å². The van der Waals surface area contributed by atoms with Gasteiger partial charge in [0, 0.05) is 0 Å². The summed E-state index contributed by atoms with van der Waals surface area (Å²) >= 11 is 0. The molecule has 1 amide bonds. The number of nitrogens with zero attached hydrogens (tertiary/aromatic N) is 1. The first-order valence-electron chi connectivity index (χ1n) is 5.01. The third-order valence-electron chi connectivity index (χ3n) is 1.66. The van der Waals surface area contributed by atoms with Gasteiger partial charge in [-0.3, -0.25) is 9.87 Å². The summed E-state index contributed by atoms with van der Waals surface area (Å²) in [6, 6.07) is 2.36. The molecule has 1 aromatic rings. The Labute approximate surface area is 105 Å². The van der Waals surface area contributed by atoms with Crippen molar-refractivity contribution >= 4 is 22.0 Å². The maximum Gasteiger partial charge on any atom is 0.413 e. The zero-order valence-corrected chi connectivity index (χ0v) is 11.0.